The molecule has 0 radical (unpaired) electrons. The van der Waals surface area contributed by atoms with Crippen LogP contribution >= 0.6 is 0 Å². The van der Waals surface area contributed by atoms with E-state index in [-0.39, 0.29) is 11.8 Å². The molecule has 2 aliphatic rings. The molecule has 0 bridgehead atoms. The lowest BCUT2D eigenvalue weighted by molar-refractivity contribution is -0.132. The van der Waals surface area contributed by atoms with Gasteiger partial charge in [0.15, 0.2) is 0 Å². The second kappa shape index (κ2) is 7.14. The van der Waals surface area contributed by atoms with Crippen LogP contribution in [0.3, 0.4) is 0 Å². The Morgan fingerprint density at radius 3 is 2.70 bits per heavy atom. The van der Waals surface area contributed by atoms with Crippen molar-refractivity contribution < 1.29 is 9.59 Å². The minimum atomic E-state index is -0.540. The predicted octanol–water partition coefficient (Wildman–Crippen LogP) is 2.81. The Morgan fingerprint density at radius 2 is 2.04 bits per heavy atom. The van der Waals surface area contributed by atoms with Crippen LogP contribution in [0.1, 0.15) is 31.7 Å². The Kier molecular flexibility index (Phi) is 4.68. The monoisotopic (exact) mass is 363 g/mol. The Hall–Kier alpha value is -2.69. The number of rotatable bonds is 5. The van der Waals surface area contributed by atoms with Gasteiger partial charge in [0.05, 0.1) is 5.41 Å². The number of pyridine rings is 1. The summed E-state index contributed by atoms with van der Waals surface area (Å²) in [4.78, 5) is 31.0. The third-order valence-electron chi connectivity index (χ3n) is 5.66. The summed E-state index contributed by atoms with van der Waals surface area (Å²) in [5.74, 6) is 0.140. The normalized spacial score (nSPS) is 21.9. The van der Waals surface area contributed by atoms with Crippen molar-refractivity contribution in [2.24, 2.45) is 5.41 Å². The summed E-state index contributed by atoms with van der Waals surface area (Å²) in [6, 6.07) is 12.6. The van der Waals surface area contributed by atoms with Gasteiger partial charge in [-0.05, 0) is 48.4 Å². The number of carbonyl (C=O) groups excluding carboxylic acids is 2. The number of amides is 2. The Bertz CT molecular complexity index is 848. The molecule has 1 atom stereocenters. The summed E-state index contributed by atoms with van der Waals surface area (Å²) in [7, 11) is 0. The van der Waals surface area contributed by atoms with Crippen LogP contribution in [-0.4, -0.2) is 40.8 Å². The van der Waals surface area contributed by atoms with Crippen LogP contribution < -0.4 is 5.32 Å². The number of benzene rings is 1. The topological polar surface area (TPSA) is 62.3 Å². The van der Waals surface area contributed by atoms with Gasteiger partial charge in [0.1, 0.15) is 0 Å². The van der Waals surface area contributed by atoms with E-state index in [0.717, 1.165) is 29.5 Å². The predicted molar refractivity (Wildman–Crippen MR) is 104 cm³/mol. The highest BCUT2D eigenvalue weighted by Crippen LogP contribution is 2.36. The molecule has 1 aromatic carbocycles. The summed E-state index contributed by atoms with van der Waals surface area (Å²) in [5, 5.41) is 3.18. The molecule has 5 heteroatoms. The number of carbonyl (C=O) groups is 2. The van der Waals surface area contributed by atoms with E-state index in [9.17, 15) is 9.59 Å². The van der Waals surface area contributed by atoms with Gasteiger partial charge in [-0.3, -0.25) is 14.6 Å². The van der Waals surface area contributed by atoms with Crippen molar-refractivity contribution in [1.29, 1.82) is 0 Å². The van der Waals surface area contributed by atoms with E-state index in [1.54, 1.807) is 18.0 Å². The largest absolute Gasteiger partial charge is 0.353 e. The summed E-state index contributed by atoms with van der Waals surface area (Å²) in [5.41, 5.74) is 2.74. The van der Waals surface area contributed by atoms with E-state index in [1.165, 1.54) is 0 Å². The van der Waals surface area contributed by atoms with E-state index >= 15 is 0 Å². The van der Waals surface area contributed by atoms with Gasteiger partial charge in [0.25, 0.3) is 0 Å². The zero-order valence-electron chi connectivity index (χ0n) is 15.6. The molecule has 0 unspecified atom stereocenters. The number of hydrogen-bond acceptors (Lipinski definition) is 3. The Morgan fingerprint density at radius 1 is 1.22 bits per heavy atom. The van der Waals surface area contributed by atoms with E-state index in [0.29, 0.717) is 32.0 Å². The maximum atomic E-state index is 13.1. The average Bonchev–Trinajstić information content (AvgIpc) is 3.39. The fraction of sp³-hybridized carbons (Fsp3) is 0.409. The zero-order chi connectivity index (χ0) is 18.9. The van der Waals surface area contributed by atoms with Crippen LogP contribution in [0.5, 0.6) is 0 Å². The molecule has 1 saturated carbocycles. The van der Waals surface area contributed by atoms with Crippen LogP contribution in [-0.2, 0) is 16.0 Å². The number of likely N-dealkylation sites (tertiary alicyclic amines) is 1. The molecule has 2 heterocycles. The van der Waals surface area contributed by atoms with E-state index in [4.69, 9.17) is 0 Å². The average molecular weight is 363 g/mol. The molecule has 1 N–H and O–H groups in total. The maximum absolute atomic E-state index is 13.1. The molecule has 5 nitrogen and oxygen atoms in total. The van der Waals surface area contributed by atoms with Gasteiger partial charge < -0.3 is 10.2 Å². The van der Waals surface area contributed by atoms with E-state index < -0.39 is 5.41 Å². The highest BCUT2D eigenvalue weighted by molar-refractivity contribution is 5.86. The first kappa shape index (κ1) is 17.7. The van der Waals surface area contributed by atoms with E-state index in [1.807, 2.05) is 24.4 Å². The lowest BCUT2D eigenvalue weighted by Gasteiger charge is -2.28. The summed E-state index contributed by atoms with van der Waals surface area (Å²) in [6.07, 6.45) is 7.09. The fourth-order valence-corrected chi connectivity index (χ4v) is 3.90. The third-order valence-corrected chi connectivity index (χ3v) is 5.66. The molecule has 2 amide bonds. The first-order valence-corrected chi connectivity index (χ1v) is 9.62. The molecule has 27 heavy (non-hydrogen) atoms. The summed E-state index contributed by atoms with van der Waals surface area (Å²) in [6.45, 7) is 2.73. The van der Waals surface area contributed by atoms with Crippen molar-refractivity contribution >= 4 is 11.8 Å². The van der Waals surface area contributed by atoms with Crippen LogP contribution in [0.25, 0.3) is 11.1 Å². The second-order valence-electron chi connectivity index (χ2n) is 7.84. The Labute approximate surface area is 159 Å². The van der Waals surface area contributed by atoms with E-state index in [2.05, 4.69) is 28.5 Å². The zero-order valence-corrected chi connectivity index (χ0v) is 15.6. The van der Waals surface area contributed by atoms with Crippen LogP contribution in [0.2, 0.25) is 0 Å². The summed E-state index contributed by atoms with van der Waals surface area (Å²) >= 11 is 0. The van der Waals surface area contributed by atoms with Gasteiger partial charge in [-0.15, -0.1) is 0 Å². The minimum Gasteiger partial charge on any atom is -0.353 e. The van der Waals surface area contributed by atoms with Gasteiger partial charge in [-0.25, -0.2) is 0 Å². The molecular weight excluding hydrogens is 338 g/mol. The van der Waals surface area contributed by atoms with Crippen molar-refractivity contribution in [2.45, 2.75) is 38.6 Å². The molecule has 140 valence electrons. The summed E-state index contributed by atoms with van der Waals surface area (Å²) < 4.78 is 0. The van der Waals surface area contributed by atoms with Crippen molar-refractivity contribution in [1.82, 2.24) is 15.2 Å². The molecule has 1 saturated heterocycles. The smallest absolute Gasteiger partial charge is 0.228 e. The van der Waals surface area contributed by atoms with Crippen LogP contribution in [0, 0.1) is 5.41 Å². The molecule has 1 aromatic heterocycles. The molecule has 2 aromatic rings. The van der Waals surface area contributed by atoms with Crippen LogP contribution in [0.4, 0.5) is 0 Å². The number of nitrogens with zero attached hydrogens (tertiary/aromatic N) is 2. The molecule has 2 fully saturated rings. The highest BCUT2D eigenvalue weighted by Gasteiger charge is 2.46. The van der Waals surface area contributed by atoms with Gasteiger partial charge in [-0.1, -0.05) is 30.3 Å². The molecule has 1 aliphatic carbocycles. The number of nitrogens with one attached hydrogen (secondary N) is 1. The number of aromatic nitrogens is 1. The number of hydrogen-bond donors (Lipinski definition) is 1. The lowest BCUT2D eigenvalue weighted by atomic mass is 9.79. The first-order chi connectivity index (χ1) is 13.1. The Balaban J connectivity index is 1.60. The van der Waals surface area contributed by atoms with Crippen molar-refractivity contribution in [3.05, 3.63) is 54.4 Å². The fourth-order valence-electron chi connectivity index (χ4n) is 3.90. The van der Waals surface area contributed by atoms with Crippen molar-refractivity contribution in [3.63, 3.8) is 0 Å². The standard InChI is InChI=1S/C22H25N3O2/c1-16(26)25-11-9-22(15-25,21(27)24-20-7-8-20)13-17-4-2-5-18(12-17)19-6-3-10-23-14-19/h2-6,10,12,14,20H,7-9,11,13,15H2,1H3,(H,24,27)/t22-/m1/s1. The van der Waals surface area contributed by atoms with Crippen molar-refractivity contribution in [3.8, 4) is 11.1 Å². The lowest BCUT2D eigenvalue weighted by Crippen LogP contribution is -2.45. The van der Waals surface area contributed by atoms with Gasteiger partial charge in [0.2, 0.25) is 11.8 Å². The molecule has 4 rings (SSSR count). The highest BCUT2D eigenvalue weighted by atomic mass is 16.2. The van der Waals surface area contributed by atoms with Crippen LogP contribution in [0.15, 0.2) is 48.8 Å². The van der Waals surface area contributed by atoms with Crippen molar-refractivity contribution in [2.75, 3.05) is 13.1 Å². The van der Waals surface area contributed by atoms with Gasteiger partial charge >= 0.3 is 0 Å². The van der Waals surface area contributed by atoms with Gasteiger partial charge in [-0.2, -0.15) is 0 Å². The second-order valence-corrected chi connectivity index (χ2v) is 7.84. The maximum Gasteiger partial charge on any atom is 0.228 e. The SMILES string of the molecule is CC(=O)N1CC[C@](Cc2cccc(-c3cccnc3)c2)(C(=O)NC2CC2)C1. The third kappa shape index (κ3) is 3.87. The van der Waals surface area contributed by atoms with Gasteiger partial charge in [0, 0.05) is 38.4 Å². The molecular formula is C22H25N3O2. The first-order valence-electron chi connectivity index (χ1n) is 9.62. The molecule has 1 aliphatic heterocycles. The molecule has 0 spiro atoms. The quantitative estimate of drug-likeness (QED) is 0.889. The minimum absolute atomic E-state index is 0.0419.